The minimum absolute atomic E-state index is 0.0154. The number of urea groups is 1. The van der Waals surface area contributed by atoms with Crippen LogP contribution in [0.2, 0.25) is 0 Å². The molecule has 2 amide bonds. The van der Waals surface area contributed by atoms with Gasteiger partial charge in [-0.05, 0) is 33.2 Å². The van der Waals surface area contributed by atoms with Crippen molar-refractivity contribution in [3.05, 3.63) is 0 Å². The van der Waals surface area contributed by atoms with Gasteiger partial charge in [0.1, 0.15) is 6.04 Å². The largest absolute Gasteiger partial charge is 0.480 e. The Hall–Kier alpha value is -1.30. The number of hydrogen-bond donors (Lipinski definition) is 2. The quantitative estimate of drug-likeness (QED) is 0.777. The van der Waals surface area contributed by atoms with E-state index in [-0.39, 0.29) is 11.9 Å². The van der Waals surface area contributed by atoms with Crippen LogP contribution in [0, 0.1) is 5.92 Å². The van der Waals surface area contributed by atoms with Gasteiger partial charge in [0.2, 0.25) is 0 Å². The maximum atomic E-state index is 12.0. The number of likely N-dealkylation sites (N-methyl/N-ethyl adjacent to an activating group) is 1. The lowest BCUT2D eigenvalue weighted by atomic mass is 10.0. The van der Waals surface area contributed by atoms with Gasteiger partial charge in [0.15, 0.2) is 0 Å². The fourth-order valence-corrected chi connectivity index (χ4v) is 2.25. The van der Waals surface area contributed by atoms with Crippen LogP contribution in [0.3, 0.4) is 0 Å². The SMILES string of the molecule is CC1CCN(C(=O)NCCN(C)C(C)C)C1C(=O)O. The normalized spacial score (nSPS) is 23.2. The average Bonchev–Trinajstić information content (AvgIpc) is 2.70. The zero-order valence-corrected chi connectivity index (χ0v) is 12.2. The molecule has 0 saturated carbocycles. The number of rotatable bonds is 5. The Kier molecular flexibility index (Phi) is 5.60. The molecule has 2 atom stereocenters. The molecule has 1 aliphatic rings. The Morgan fingerprint density at radius 1 is 1.47 bits per heavy atom. The first-order valence-electron chi connectivity index (χ1n) is 6.82. The fourth-order valence-electron chi connectivity index (χ4n) is 2.25. The number of carbonyl (C=O) groups is 2. The predicted molar refractivity (Wildman–Crippen MR) is 73.1 cm³/mol. The van der Waals surface area contributed by atoms with Crippen molar-refractivity contribution >= 4 is 12.0 Å². The third-order valence-electron chi connectivity index (χ3n) is 3.84. The summed E-state index contributed by atoms with van der Waals surface area (Å²) in [5, 5.41) is 12.0. The van der Waals surface area contributed by atoms with E-state index in [9.17, 15) is 9.59 Å². The number of aliphatic carboxylic acids is 1. The molecule has 6 heteroatoms. The Morgan fingerprint density at radius 2 is 2.11 bits per heavy atom. The molecule has 19 heavy (non-hydrogen) atoms. The Labute approximate surface area is 114 Å². The van der Waals surface area contributed by atoms with Crippen molar-refractivity contribution in [2.75, 3.05) is 26.7 Å². The second kappa shape index (κ2) is 6.75. The molecule has 1 saturated heterocycles. The first kappa shape index (κ1) is 15.8. The summed E-state index contributed by atoms with van der Waals surface area (Å²) in [4.78, 5) is 26.7. The number of carboxylic acids is 1. The summed E-state index contributed by atoms with van der Waals surface area (Å²) in [6, 6.07) is -0.535. The molecule has 0 bridgehead atoms. The van der Waals surface area contributed by atoms with Gasteiger partial charge in [0, 0.05) is 25.7 Å². The summed E-state index contributed by atoms with van der Waals surface area (Å²) >= 11 is 0. The standard InChI is InChI=1S/C13H25N3O3/c1-9(2)15(4)8-6-14-13(19)16-7-5-10(3)11(16)12(17)18/h9-11H,5-8H2,1-4H3,(H,14,19)(H,17,18). The third kappa shape index (κ3) is 4.09. The van der Waals surface area contributed by atoms with Gasteiger partial charge in [-0.15, -0.1) is 0 Å². The molecule has 0 aromatic rings. The summed E-state index contributed by atoms with van der Waals surface area (Å²) in [6.07, 6.45) is 0.746. The van der Waals surface area contributed by atoms with Gasteiger partial charge in [-0.2, -0.15) is 0 Å². The number of likely N-dealkylation sites (tertiary alicyclic amines) is 1. The Balaban J connectivity index is 2.43. The Morgan fingerprint density at radius 3 is 2.63 bits per heavy atom. The molecule has 0 spiro atoms. The van der Waals surface area contributed by atoms with Gasteiger partial charge in [0.25, 0.3) is 0 Å². The zero-order chi connectivity index (χ0) is 14.6. The first-order chi connectivity index (χ1) is 8.84. The van der Waals surface area contributed by atoms with Gasteiger partial charge >= 0.3 is 12.0 Å². The molecule has 0 aliphatic carbocycles. The van der Waals surface area contributed by atoms with E-state index in [4.69, 9.17) is 5.11 Å². The molecule has 1 rings (SSSR count). The lowest BCUT2D eigenvalue weighted by Gasteiger charge is -2.25. The van der Waals surface area contributed by atoms with Crippen LogP contribution in [0.5, 0.6) is 0 Å². The molecule has 1 heterocycles. The average molecular weight is 271 g/mol. The van der Waals surface area contributed by atoms with E-state index >= 15 is 0 Å². The van der Waals surface area contributed by atoms with Crippen LogP contribution in [-0.2, 0) is 4.79 Å². The van der Waals surface area contributed by atoms with Crippen LogP contribution in [-0.4, -0.2) is 65.7 Å². The molecule has 1 fully saturated rings. The molecule has 110 valence electrons. The molecule has 2 N–H and O–H groups in total. The minimum Gasteiger partial charge on any atom is -0.480 e. The summed E-state index contributed by atoms with van der Waals surface area (Å²) in [7, 11) is 1.99. The highest BCUT2D eigenvalue weighted by atomic mass is 16.4. The molecule has 2 unspecified atom stereocenters. The lowest BCUT2D eigenvalue weighted by Crippen LogP contribution is -2.49. The van der Waals surface area contributed by atoms with Crippen molar-refractivity contribution in [3.8, 4) is 0 Å². The zero-order valence-electron chi connectivity index (χ0n) is 12.2. The van der Waals surface area contributed by atoms with Crippen LogP contribution < -0.4 is 5.32 Å². The highest BCUT2D eigenvalue weighted by Gasteiger charge is 2.39. The molecule has 1 aliphatic heterocycles. The number of nitrogens with zero attached hydrogens (tertiary/aromatic N) is 2. The summed E-state index contributed by atoms with van der Waals surface area (Å²) in [5.41, 5.74) is 0. The van der Waals surface area contributed by atoms with Gasteiger partial charge in [-0.3, -0.25) is 0 Å². The summed E-state index contributed by atoms with van der Waals surface area (Å²) in [5.74, 6) is -0.902. The summed E-state index contributed by atoms with van der Waals surface area (Å²) in [6.45, 7) is 7.85. The van der Waals surface area contributed by atoms with Crippen molar-refractivity contribution in [1.82, 2.24) is 15.1 Å². The Bertz CT molecular complexity index is 333. The van der Waals surface area contributed by atoms with Gasteiger partial charge in [-0.1, -0.05) is 6.92 Å². The van der Waals surface area contributed by atoms with E-state index in [0.29, 0.717) is 19.1 Å². The topological polar surface area (TPSA) is 72.9 Å². The van der Waals surface area contributed by atoms with Crippen molar-refractivity contribution in [2.45, 2.75) is 39.3 Å². The van der Waals surface area contributed by atoms with E-state index in [0.717, 1.165) is 13.0 Å². The second-order valence-electron chi connectivity index (χ2n) is 5.55. The maximum absolute atomic E-state index is 12.0. The van der Waals surface area contributed by atoms with Gasteiger partial charge < -0.3 is 20.2 Å². The van der Waals surface area contributed by atoms with Crippen LogP contribution in [0.4, 0.5) is 4.79 Å². The van der Waals surface area contributed by atoms with Gasteiger partial charge in [-0.25, -0.2) is 9.59 Å². The van der Waals surface area contributed by atoms with Crippen LogP contribution >= 0.6 is 0 Å². The summed E-state index contributed by atoms with van der Waals surface area (Å²) < 4.78 is 0. The van der Waals surface area contributed by atoms with Crippen molar-refractivity contribution in [1.29, 1.82) is 0 Å². The highest BCUT2D eigenvalue weighted by Crippen LogP contribution is 2.23. The molecule has 0 radical (unpaired) electrons. The molecule has 6 nitrogen and oxygen atoms in total. The van der Waals surface area contributed by atoms with Crippen LogP contribution in [0.15, 0.2) is 0 Å². The van der Waals surface area contributed by atoms with Crippen molar-refractivity contribution in [2.24, 2.45) is 5.92 Å². The van der Waals surface area contributed by atoms with Crippen molar-refractivity contribution in [3.63, 3.8) is 0 Å². The van der Waals surface area contributed by atoms with E-state index in [2.05, 4.69) is 24.1 Å². The van der Waals surface area contributed by atoms with E-state index in [1.165, 1.54) is 4.90 Å². The van der Waals surface area contributed by atoms with Crippen LogP contribution in [0.25, 0.3) is 0 Å². The lowest BCUT2D eigenvalue weighted by molar-refractivity contribution is -0.142. The number of nitrogens with one attached hydrogen (secondary N) is 1. The first-order valence-corrected chi connectivity index (χ1v) is 6.82. The van der Waals surface area contributed by atoms with E-state index in [1.807, 2.05) is 14.0 Å². The van der Waals surface area contributed by atoms with Crippen molar-refractivity contribution < 1.29 is 14.7 Å². The molecular weight excluding hydrogens is 246 g/mol. The third-order valence-corrected chi connectivity index (χ3v) is 3.84. The highest BCUT2D eigenvalue weighted by molar-refractivity contribution is 5.83. The molecule has 0 aromatic heterocycles. The number of carboxylic acid groups (broad SMARTS) is 1. The maximum Gasteiger partial charge on any atom is 0.326 e. The van der Waals surface area contributed by atoms with Crippen LogP contribution in [0.1, 0.15) is 27.2 Å². The number of hydrogen-bond acceptors (Lipinski definition) is 3. The van der Waals surface area contributed by atoms with E-state index in [1.54, 1.807) is 0 Å². The smallest absolute Gasteiger partial charge is 0.326 e. The molecular formula is C13H25N3O3. The monoisotopic (exact) mass is 271 g/mol. The number of carbonyl (C=O) groups excluding carboxylic acids is 1. The second-order valence-corrected chi connectivity index (χ2v) is 5.55. The van der Waals surface area contributed by atoms with E-state index < -0.39 is 12.0 Å². The molecule has 0 aromatic carbocycles. The fraction of sp³-hybridized carbons (Fsp3) is 0.846. The van der Waals surface area contributed by atoms with Gasteiger partial charge in [0.05, 0.1) is 0 Å². The predicted octanol–water partition coefficient (Wildman–Crippen LogP) is 0.831. The number of amides is 2. The minimum atomic E-state index is -0.917.